The van der Waals surface area contributed by atoms with Crippen molar-refractivity contribution in [1.82, 2.24) is 30.0 Å². The first-order chi connectivity index (χ1) is 23.3. The number of rotatable bonds is 9. The largest absolute Gasteiger partial charge is 0.426 e. The van der Waals surface area contributed by atoms with Gasteiger partial charge in [0.1, 0.15) is 6.04 Å². The summed E-state index contributed by atoms with van der Waals surface area (Å²) in [6, 6.07) is 14.1. The van der Waals surface area contributed by atoms with E-state index >= 15 is 0 Å². The molecule has 0 radical (unpaired) electrons. The summed E-state index contributed by atoms with van der Waals surface area (Å²) in [7, 11) is 2.18. The van der Waals surface area contributed by atoms with Crippen LogP contribution in [0.25, 0.3) is 0 Å². The molecule has 2 N–H and O–H groups in total. The Morgan fingerprint density at radius 2 is 1.56 bits per heavy atom. The Balaban J connectivity index is 1.06. The summed E-state index contributed by atoms with van der Waals surface area (Å²) in [5.74, 6) is -0.0531. The first-order valence-electron chi connectivity index (χ1n) is 18.0. The van der Waals surface area contributed by atoms with E-state index in [-0.39, 0.29) is 18.0 Å². The zero-order valence-electron chi connectivity index (χ0n) is 29.0. The topological polar surface area (TPSA) is 101 Å². The molecule has 0 aliphatic carbocycles. The monoisotopic (exact) mass is 659 g/mol. The fourth-order valence-electron chi connectivity index (χ4n) is 7.85. The molecule has 0 saturated carbocycles. The van der Waals surface area contributed by atoms with Gasteiger partial charge in [-0.3, -0.25) is 9.69 Å². The summed E-state index contributed by atoms with van der Waals surface area (Å²) < 4.78 is 0. The number of nitrogens with one attached hydrogen (secondary N) is 2. The van der Waals surface area contributed by atoms with Gasteiger partial charge in [0.25, 0.3) is 0 Å². The second-order valence-electron chi connectivity index (χ2n) is 13.9. The lowest BCUT2D eigenvalue weighted by Gasteiger charge is -2.42. The highest BCUT2D eigenvalue weighted by Crippen LogP contribution is 2.28. The van der Waals surface area contributed by atoms with Crippen LogP contribution in [0.15, 0.2) is 42.5 Å². The third-order valence-electron chi connectivity index (χ3n) is 10.8. The summed E-state index contributed by atoms with van der Waals surface area (Å²) in [5.41, 5.74) is 5.60. The molecule has 260 valence electrons. The number of anilines is 1. The maximum Gasteiger partial charge on any atom is 0.426 e. The lowest BCUT2D eigenvalue weighted by atomic mass is 9.96. The fourth-order valence-corrected chi connectivity index (χ4v) is 7.85. The van der Waals surface area contributed by atoms with Gasteiger partial charge in [0, 0.05) is 70.0 Å². The Morgan fingerprint density at radius 3 is 2.27 bits per heavy atom. The van der Waals surface area contributed by atoms with Gasteiger partial charge in [0.2, 0.25) is 5.91 Å². The van der Waals surface area contributed by atoms with Crippen molar-refractivity contribution in [2.45, 2.75) is 83.5 Å². The average molecular weight is 660 g/mol. The van der Waals surface area contributed by atoms with E-state index in [1.807, 2.05) is 34.1 Å². The maximum absolute atomic E-state index is 14.0. The van der Waals surface area contributed by atoms with Gasteiger partial charge in [-0.1, -0.05) is 50.2 Å². The molecule has 3 saturated heterocycles. The number of carbonyl (C=O) groups excluding carboxylic acids is 3. The molecular formula is C37H53N7O4. The van der Waals surface area contributed by atoms with E-state index in [0.29, 0.717) is 58.0 Å². The molecule has 2 aromatic rings. The van der Waals surface area contributed by atoms with Crippen LogP contribution in [0, 0.1) is 0 Å². The Bertz CT molecular complexity index is 1430. The molecule has 4 amide bonds. The molecule has 11 heteroatoms. The molecule has 4 aliphatic heterocycles. The lowest BCUT2D eigenvalue weighted by Crippen LogP contribution is -2.58. The van der Waals surface area contributed by atoms with Gasteiger partial charge < -0.3 is 30.2 Å². The number of hydroxylamine groups is 2. The normalized spacial score (nSPS) is 21.0. The smallest absolute Gasteiger partial charge is 0.351 e. The van der Waals surface area contributed by atoms with E-state index in [0.717, 1.165) is 55.8 Å². The summed E-state index contributed by atoms with van der Waals surface area (Å²) >= 11 is 0. The number of fused-ring (bicyclic) bond motifs is 1. The van der Waals surface area contributed by atoms with Crippen LogP contribution in [0.2, 0.25) is 0 Å². The first kappa shape index (κ1) is 34.2. The molecule has 11 nitrogen and oxygen atoms in total. The Kier molecular flexibility index (Phi) is 11.2. The first-order valence-corrected chi connectivity index (χ1v) is 18.0. The van der Waals surface area contributed by atoms with Gasteiger partial charge in [0.15, 0.2) is 0 Å². The van der Waals surface area contributed by atoms with Crippen LogP contribution in [0.1, 0.15) is 61.8 Å². The van der Waals surface area contributed by atoms with Crippen LogP contribution in [-0.2, 0) is 35.4 Å². The predicted octanol–water partition coefficient (Wildman–Crippen LogP) is 4.11. The zero-order chi connectivity index (χ0) is 33.6. The molecule has 4 aliphatic rings. The number of hydrogen-bond acceptors (Lipinski definition) is 7. The van der Waals surface area contributed by atoms with Crippen LogP contribution >= 0.6 is 0 Å². The number of hydrogen-bond donors (Lipinski definition) is 2. The van der Waals surface area contributed by atoms with E-state index in [2.05, 4.69) is 59.5 Å². The minimum atomic E-state index is -0.723. The summed E-state index contributed by atoms with van der Waals surface area (Å²) in [5, 5.41) is 7.62. The van der Waals surface area contributed by atoms with Crippen LogP contribution in [0.3, 0.4) is 0 Å². The van der Waals surface area contributed by atoms with Gasteiger partial charge in [0.05, 0.1) is 0 Å². The maximum atomic E-state index is 14.0. The number of benzene rings is 2. The van der Waals surface area contributed by atoms with Crippen molar-refractivity contribution in [3.63, 3.8) is 0 Å². The van der Waals surface area contributed by atoms with E-state index in [9.17, 15) is 14.4 Å². The molecule has 4 heterocycles. The standard InChI is InChI=1S/C37H53N7O4/c1-4-28-11-10-27(24-29(28)5-2)25-34(35(45)42-22-20-41(21-23-42)31-12-16-40(3)17-13-31)39-37(47)48-43-18-14-32(15-19-43)44-26-30-8-6-7-9-33(30)38-36(44)46/h6-11,24,31-32,34H,4-5,12-23,25-26H2,1-3H3,(H,38,46)(H,39,47)/t34-/m1/s1. The molecule has 2 aromatic carbocycles. The molecule has 0 bridgehead atoms. The van der Waals surface area contributed by atoms with Gasteiger partial charge in [-0.2, -0.15) is 0 Å². The number of carbonyl (C=O) groups is 3. The van der Waals surface area contributed by atoms with Crippen molar-refractivity contribution in [3.05, 3.63) is 64.7 Å². The van der Waals surface area contributed by atoms with E-state index in [1.54, 1.807) is 5.06 Å². The number of amides is 4. The molecular weight excluding hydrogens is 606 g/mol. The summed E-state index contributed by atoms with van der Waals surface area (Å²) in [4.78, 5) is 54.7. The molecule has 0 spiro atoms. The van der Waals surface area contributed by atoms with Crippen molar-refractivity contribution in [2.24, 2.45) is 0 Å². The van der Waals surface area contributed by atoms with Gasteiger partial charge >= 0.3 is 12.1 Å². The summed E-state index contributed by atoms with van der Waals surface area (Å²) in [6.07, 6.45) is 5.41. The highest BCUT2D eigenvalue weighted by molar-refractivity contribution is 5.92. The SMILES string of the molecule is CCc1ccc(C[C@@H](NC(=O)ON2CCC(N3Cc4ccccc4NC3=O)CC2)C(=O)N2CCN(C3CCN(C)CC3)CC2)cc1CC. The lowest BCUT2D eigenvalue weighted by molar-refractivity contribution is -0.138. The van der Waals surface area contributed by atoms with Crippen LogP contribution in [0.5, 0.6) is 0 Å². The molecule has 6 rings (SSSR count). The number of piperazine rings is 1. The second kappa shape index (κ2) is 15.7. The van der Waals surface area contributed by atoms with Gasteiger partial charge in [-0.25, -0.2) is 9.59 Å². The molecule has 3 fully saturated rings. The molecule has 48 heavy (non-hydrogen) atoms. The Labute approximate surface area is 285 Å². The van der Waals surface area contributed by atoms with Crippen molar-refractivity contribution >= 4 is 23.7 Å². The molecule has 0 unspecified atom stereocenters. The molecule has 1 atom stereocenters. The highest BCUT2D eigenvalue weighted by Gasteiger charge is 2.35. The second-order valence-corrected chi connectivity index (χ2v) is 13.9. The number of urea groups is 1. The average Bonchev–Trinajstić information content (AvgIpc) is 3.11. The van der Waals surface area contributed by atoms with E-state index < -0.39 is 12.1 Å². The molecule has 0 aromatic heterocycles. The van der Waals surface area contributed by atoms with Gasteiger partial charge in [-0.15, -0.1) is 5.06 Å². The predicted molar refractivity (Wildman–Crippen MR) is 187 cm³/mol. The minimum Gasteiger partial charge on any atom is -0.351 e. The third kappa shape index (κ3) is 8.13. The van der Waals surface area contributed by atoms with Crippen molar-refractivity contribution in [1.29, 1.82) is 0 Å². The third-order valence-corrected chi connectivity index (χ3v) is 10.8. The van der Waals surface area contributed by atoms with E-state index in [1.165, 1.54) is 24.0 Å². The number of para-hydroxylation sites is 1. The number of piperidine rings is 2. The minimum absolute atomic E-state index is 0.0531. The number of aryl methyl sites for hydroxylation is 2. The van der Waals surface area contributed by atoms with Crippen molar-refractivity contribution in [2.75, 3.05) is 64.7 Å². The van der Waals surface area contributed by atoms with Crippen LogP contribution < -0.4 is 10.6 Å². The highest BCUT2D eigenvalue weighted by atomic mass is 16.7. The Morgan fingerprint density at radius 1 is 0.875 bits per heavy atom. The van der Waals surface area contributed by atoms with Crippen LogP contribution in [0.4, 0.5) is 15.3 Å². The van der Waals surface area contributed by atoms with E-state index in [4.69, 9.17) is 4.84 Å². The summed E-state index contributed by atoms with van der Waals surface area (Å²) in [6.45, 7) is 11.2. The van der Waals surface area contributed by atoms with Crippen molar-refractivity contribution < 1.29 is 19.2 Å². The van der Waals surface area contributed by atoms with Crippen LogP contribution in [-0.4, -0.2) is 120 Å². The fraction of sp³-hybridized carbons (Fsp3) is 0.595. The quantitative estimate of drug-likeness (QED) is 0.418. The van der Waals surface area contributed by atoms with Crippen molar-refractivity contribution in [3.8, 4) is 0 Å². The Hall–Kier alpha value is -3.67. The zero-order valence-corrected chi connectivity index (χ0v) is 29.0. The number of likely N-dealkylation sites (tertiary alicyclic amines) is 1. The van der Waals surface area contributed by atoms with Gasteiger partial charge in [-0.05, 0) is 87.0 Å². The number of nitrogens with zero attached hydrogens (tertiary/aromatic N) is 5.